The topological polar surface area (TPSA) is 119 Å². The summed E-state index contributed by atoms with van der Waals surface area (Å²) in [6, 6.07) is 24.2. The number of carbonyl (C=O) groups is 2. The van der Waals surface area contributed by atoms with Crippen LogP contribution in [0.2, 0.25) is 0 Å². The first-order chi connectivity index (χ1) is 17.5. The molecule has 0 spiro atoms. The normalized spacial score (nSPS) is 10.9. The van der Waals surface area contributed by atoms with Gasteiger partial charge in [-0.3, -0.25) is 9.59 Å². The number of amides is 2. The van der Waals surface area contributed by atoms with Gasteiger partial charge in [-0.25, -0.2) is 9.59 Å². The van der Waals surface area contributed by atoms with Crippen LogP contribution in [0, 0.1) is 0 Å². The van der Waals surface area contributed by atoms with E-state index >= 15 is 0 Å². The molecule has 3 aromatic carbocycles. The lowest BCUT2D eigenvalue weighted by Gasteiger charge is -2.09. The van der Waals surface area contributed by atoms with Gasteiger partial charge in [0.15, 0.2) is 0 Å². The number of hydrogen-bond acceptors (Lipinski definition) is 6. The van der Waals surface area contributed by atoms with Gasteiger partial charge >= 0.3 is 11.3 Å². The molecule has 0 saturated carbocycles. The molecule has 0 fully saturated rings. The Labute approximate surface area is 204 Å². The molecule has 0 aliphatic carbocycles. The number of hydrogen-bond donors (Lipinski definition) is 2. The number of nitrogens with one attached hydrogen (secondary N) is 2. The summed E-state index contributed by atoms with van der Waals surface area (Å²) in [5, 5.41) is 6.75. The molecule has 0 aliphatic heterocycles. The van der Waals surface area contributed by atoms with Gasteiger partial charge in [-0.05, 0) is 35.4 Å². The number of rotatable bonds is 6. The first kappa shape index (κ1) is 22.8. The Morgan fingerprint density at radius 3 is 1.50 bits per heavy atom. The lowest BCUT2D eigenvalue weighted by Crippen LogP contribution is -2.28. The largest absolute Gasteiger partial charge is 0.422 e. The number of fused-ring (bicyclic) bond motifs is 2. The van der Waals surface area contributed by atoms with Gasteiger partial charge in [0.25, 0.3) is 11.8 Å². The third-order valence-corrected chi connectivity index (χ3v) is 5.67. The Morgan fingerprint density at radius 2 is 1.03 bits per heavy atom. The molecule has 2 amide bonds. The molecular weight excluding hydrogens is 460 g/mol. The molecule has 0 radical (unpaired) electrons. The van der Waals surface area contributed by atoms with Crippen LogP contribution in [-0.4, -0.2) is 11.8 Å². The Balaban J connectivity index is 1.24. The van der Waals surface area contributed by atoms with Crippen LogP contribution in [0.25, 0.3) is 21.9 Å². The van der Waals surface area contributed by atoms with Gasteiger partial charge in [0.2, 0.25) is 0 Å². The number of carbonyl (C=O) groups excluding carboxylic acids is 2. The van der Waals surface area contributed by atoms with E-state index in [-0.39, 0.29) is 24.2 Å². The Morgan fingerprint density at radius 1 is 0.583 bits per heavy atom. The SMILES string of the molecule is O=C(NCc1cccc(CNC(=O)c2cc3ccccc3oc2=O)c1)c1cc2ccccc2oc1=O. The number of para-hydroxylation sites is 2. The van der Waals surface area contributed by atoms with E-state index in [1.54, 1.807) is 54.6 Å². The molecule has 0 saturated heterocycles. The molecule has 0 aliphatic rings. The summed E-state index contributed by atoms with van der Waals surface area (Å²) < 4.78 is 10.4. The molecule has 5 aromatic rings. The quantitative estimate of drug-likeness (QED) is 0.357. The third kappa shape index (κ3) is 4.78. The van der Waals surface area contributed by atoms with Crippen LogP contribution in [-0.2, 0) is 13.1 Å². The van der Waals surface area contributed by atoms with Crippen LogP contribution in [0.5, 0.6) is 0 Å². The van der Waals surface area contributed by atoms with Crippen LogP contribution < -0.4 is 21.9 Å². The van der Waals surface area contributed by atoms with E-state index in [1.807, 2.05) is 18.2 Å². The van der Waals surface area contributed by atoms with E-state index < -0.39 is 23.1 Å². The van der Waals surface area contributed by atoms with E-state index in [9.17, 15) is 19.2 Å². The van der Waals surface area contributed by atoms with Crippen molar-refractivity contribution >= 4 is 33.8 Å². The summed E-state index contributed by atoms with van der Waals surface area (Å²) >= 11 is 0. The second kappa shape index (κ2) is 9.71. The summed E-state index contributed by atoms with van der Waals surface area (Å²) in [4.78, 5) is 49.6. The first-order valence-electron chi connectivity index (χ1n) is 11.2. The highest BCUT2D eigenvalue weighted by molar-refractivity contribution is 5.97. The van der Waals surface area contributed by atoms with Crippen molar-refractivity contribution in [1.29, 1.82) is 0 Å². The van der Waals surface area contributed by atoms with Crippen LogP contribution in [0.15, 0.2) is 103 Å². The van der Waals surface area contributed by atoms with Crippen molar-refractivity contribution < 1.29 is 18.4 Å². The first-order valence-corrected chi connectivity index (χ1v) is 11.2. The fraction of sp³-hybridized carbons (Fsp3) is 0.0714. The van der Waals surface area contributed by atoms with Gasteiger partial charge in [0.1, 0.15) is 22.3 Å². The maximum atomic E-state index is 12.6. The maximum Gasteiger partial charge on any atom is 0.349 e. The van der Waals surface area contributed by atoms with E-state index in [0.29, 0.717) is 21.9 Å². The van der Waals surface area contributed by atoms with E-state index in [1.165, 1.54) is 12.1 Å². The highest BCUT2D eigenvalue weighted by Crippen LogP contribution is 2.14. The Bertz CT molecular complexity index is 1610. The third-order valence-electron chi connectivity index (χ3n) is 5.67. The maximum absolute atomic E-state index is 12.6. The fourth-order valence-electron chi connectivity index (χ4n) is 3.85. The Hall–Kier alpha value is -4.98. The summed E-state index contributed by atoms with van der Waals surface area (Å²) in [7, 11) is 0. The highest BCUT2D eigenvalue weighted by atomic mass is 16.4. The summed E-state index contributed by atoms with van der Waals surface area (Å²) in [5.74, 6) is -1.09. The zero-order valence-corrected chi connectivity index (χ0v) is 18.9. The minimum absolute atomic E-state index is 0.0775. The molecule has 2 aromatic heterocycles. The molecule has 5 rings (SSSR count). The molecule has 2 heterocycles. The molecule has 0 unspecified atom stereocenters. The van der Waals surface area contributed by atoms with Crippen molar-refractivity contribution in [3.05, 3.63) is 128 Å². The van der Waals surface area contributed by atoms with Crippen LogP contribution >= 0.6 is 0 Å². The van der Waals surface area contributed by atoms with Crippen LogP contribution in [0.3, 0.4) is 0 Å². The molecule has 8 heteroatoms. The predicted octanol–water partition coefficient (Wildman–Crippen LogP) is 3.76. The predicted molar refractivity (Wildman–Crippen MR) is 134 cm³/mol. The Kier molecular flexibility index (Phi) is 6.15. The van der Waals surface area contributed by atoms with E-state index in [2.05, 4.69) is 10.6 Å². The molecular formula is C28H20N2O6. The summed E-state index contributed by atoms with van der Waals surface area (Å²) in [6.07, 6.45) is 0. The minimum atomic E-state index is -0.708. The van der Waals surface area contributed by atoms with Gasteiger partial charge in [0.05, 0.1) is 0 Å². The van der Waals surface area contributed by atoms with Gasteiger partial charge in [-0.2, -0.15) is 0 Å². The van der Waals surface area contributed by atoms with E-state index in [4.69, 9.17) is 8.83 Å². The van der Waals surface area contributed by atoms with Gasteiger partial charge in [-0.1, -0.05) is 60.7 Å². The lowest BCUT2D eigenvalue weighted by atomic mass is 10.1. The molecule has 8 nitrogen and oxygen atoms in total. The molecule has 2 N–H and O–H groups in total. The van der Waals surface area contributed by atoms with Crippen LogP contribution in [0.4, 0.5) is 0 Å². The lowest BCUT2D eigenvalue weighted by molar-refractivity contribution is 0.0939. The van der Waals surface area contributed by atoms with E-state index in [0.717, 1.165) is 11.1 Å². The van der Waals surface area contributed by atoms with Crippen molar-refractivity contribution in [2.75, 3.05) is 0 Å². The second-order valence-corrected chi connectivity index (χ2v) is 8.16. The van der Waals surface area contributed by atoms with Crippen molar-refractivity contribution in [3.8, 4) is 0 Å². The molecule has 0 bridgehead atoms. The molecule has 36 heavy (non-hydrogen) atoms. The average Bonchev–Trinajstić information content (AvgIpc) is 2.89. The highest BCUT2D eigenvalue weighted by Gasteiger charge is 2.15. The molecule has 0 atom stereocenters. The van der Waals surface area contributed by atoms with Gasteiger partial charge < -0.3 is 19.5 Å². The zero-order valence-electron chi connectivity index (χ0n) is 18.9. The van der Waals surface area contributed by atoms with Crippen molar-refractivity contribution in [2.24, 2.45) is 0 Å². The summed E-state index contributed by atoms with van der Waals surface area (Å²) in [5.41, 5.74) is 0.792. The standard InChI is InChI=1S/C28H20N2O6/c31-25(21-13-19-8-1-3-10-23(19)35-27(21)33)29-15-17-6-5-7-18(12-17)16-30-26(32)22-14-20-9-2-4-11-24(20)36-28(22)34/h1-14H,15-16H2,(H,29,31)(H,30,32). The fourth-order valence-corrected chi connectivity index (χ4v) is 3.85. The van der Waals surface area contributed by atoms with Crippen molar-refractivity contribution in [3.63, 3.8) is 0 Å². The molecule has 178 valence electrons. The van der Waals surface area contributed by atoms with Gasteiger partial charge in [0, 0.05) is 23.9 Å². The zero-order chi connectivity index (χ0) is 25.1. The minimum Gasteiger partial charge on any atom is -0.422 e. The summed E-state index contributed by atoms with van der Waals surface area (Å²) in [6.45, 7) is 0.336. The van der Waals surface area contributed by atoms with Crippen molar-refractivity contribution in [1.82, 2.24) is 10.6 Å². The van der Waals surface area contributed by atoms with Crippen LogP contribution in [0.1, 0.15) is 31.8 Å². The second-order valence-electron chi connectivity index (χ2n) is 8.16. The average molecular weight is 480 g/mol. The monoisotopic (exact) mass is 480 g/mol. The smallest absolute Gasteiger partial charge is 0.349 e. The van der Waals surface area contributed by atoms with Gasteiger partial charge in [-0.15, -0.1) is 0 Å². The van der Waals surface area contributed by atoms with Crippen molar-refractivity contribution in [2.45, 2.75) is 13.1 Å². The number of benzene rings is 3.